The molecule has 0 fully saturated rings. The minimum absolute atomic E-state index is 0.658. The molecule has 2 N–H and O–H groups in total. The molecule has 3 rings (SSSR count). The van der Waals surface area contributed by atoms with Gasteiger partial charge in [0.25, 0.3) is 0 Å². The van der Waals surface area contributed by atoms with E-state index in [9.17, 15) is 8.42 Å². The molecule has 1 aromatic carbocycles. The summed E-state index contributed by atoms with van der Waals surface area (Å²) < 4.78 is 24.6. The summed E-state index contributed by atoms with van der Waals surface area (Å²) in [5.74, 6) is 0.719. The fourth-order valence-corrected chi connectivity index (χ4v) is 2.89. The molecule has 1 aromatic heterocycles. The van der Waals surface area contributed by atoms with Crippen LogP contribution in [0.4, 0.5) is 5.69 Å². The quantitative estimate of drug-likeness (QED) is 0.853. The van der Waals surface area contributed by atoms with Crippen molar-refractivity contribution in [2.45, 2.75) is 0 Å². The summed E-state index contributed by atoms with van der Waals surface area (Å²) in [6, 6.07) is 7.37. The van der Waals surface area contributed by atoms with Gasteiger partial charge in [-0.05, 0) is 18.2 Å². The number of nitrogens with zero attached hydrogens (tertiary/aromatic N) is 2. The zero-order valence-corrected chi connectivity index (χ0v) is 11.2. The van der Waals surface area contributed by atoms with Crippen molar-refractivity contribution in [3.05, 3.63) is 30.5 Å². The van der Waals surface area contributed by atoms with Crippen LogP contribution in [0.25, 0.3) is 10.9 Å². The number of aliphatic imine (C=N–C) groups is 1. The van der Waals surface area contributed by atoms with Crippen molar-refractivity contribution in [1.29, 1.82) is 0 Å². The molecule has 2 aromatic rings. The van der Waals surface area contributed by atoms with E-state index in [0.717, 1.165) is 30.1 Å². The number of guanidine groups is 1. The largest absolute Gasteiger partial charge is 0.354 e. The third-order valence-corrected chi connectivity index (χ3v) is 3.98. The molecule has 6 nitrogen and oxygen atoms in total. The number of aromatic nitrogens is 1. The van der Waals surface area contributed by atoms with Crippen LogP contribution in [0.2, 0.25) is 0 Å². The minimum atomic E-state index is -3.29. The van der Waals surface area contributed by atoms with E-state index in [1.807, 2.05) is 12.1 Å². The zero-order chi connectivity index (χ0) is 13.5. The highest BCUT2D eigenvalue weighted by molar-refractivity contribution is 7.89. The molecule has 1 aliphatic heterocycles. The highest BCUT2D eigenvalue weighted by Crippen LogP contribution is 2.21. The smallest absolute Gasteiger partial charge is 0.236 e. The molecule has 0 bridgehead atoms. The first-order valence-corrected chi connectivity index (χ1v) is 7.76. The van der Waals surface area contributed by atoms with Crippen LogP contribution in [0.1, 0.15) is 0 Å². The summed E-state index contributed by atoms with van der Waals surface area (Å²) in [7, 11) is -3.29. The highest BCUT2D eigenvalue weighted by Gasteiger charge is 2.11. The third-order valence-electron chi connectivity index (χ3n) is 2.95. The number of benzene rings is 1. The monoisotopic (exact) mass is 278 g/mol. The van der Waals surface area contributed by atoms with Crippen molar-refractivity contribution in [1.82, 2.24) is 9.29 Å². The van der Waals surface area contributed by atoms with Crippen molar-refractivity contribution < 1.29 is 8.42 Å². The van der Waals surface area contributed by atoms with Crippen molar-refractivity contribution in [3.63, 3.8) is 0 Å². The second kappa shape index (κ2) is 4.27. The molecule has 7 heteroatoms. The Kier molecular flexibility index (Phi) is 2.70. The first kappa shape index (κ1) is 12.0. The first-order chi connectivity index (χ1) is 9.04. The van der Waals surface area contributed by atoms with Crippen LogP contribution in [-0.4, -0.2) is 37.7 Å². The van der Waals surface area contributed by atoms with Gasteiger partial charge in [-0.3, -0.25) is 4.99 Å². The lowest BCUT2D eigenvalue weighted by atomic mass is 10.2. The molecule has 0 aliphatic carbocycles. The normalized spacial score (nSPS) is 15.3. The average molecular weight is 278 g/mol. The summed E-state index contributed by atoms with van der Waals surface area (Å²) in [4.78, 5) is 4.24. The maximum atomic E-state index is 11.7. The van der Waals surface area contributed by atoms with E-state index in [4.69, 9.17) is 0 Å². The first-order valence-electron chi connectivity index (χ1n) is 5.91. The molecule has 0 atom stereocenters. The number of anilines is 1. The van der Waals surface area contributed by atoms with E-state index in [0.29, 0.717) is 5.52 Å². The van der Waals surface area contributed by atoms with Crippen LogP contribution in [0, 0.1) is 0 Å². The number of fused-ring (bicyclic) bond motifs is 1. The van der Waals surface area contributed by atoms with E-state index >= 15 is 0 Å². The fourth-order valence-electron chi connectivity index (χ4n) is 2.09. The molecule has 0 amide bonds. The summed E-state index contributed by atoms with van der Waals surface area (Å²) in [6.45, 7) is 1.58. The Labute approximate surface area is 111 Å². The number of hydrogen-bond acceptors (Lipinski definition) is 5. The Bertz CT molecular complexity index is 761. The van der Waals surface area contributed by atoms with Gasteiger partial charge in [0.1, 0.15) is 0 Å². The lowest BCUT2D eigenvalue weighted by Crippen LogP contribution is -2.26. The van der Waals surface area contributed by atoms with E-state index in [1.54, 1.807) is 18.3 Å². The second-order valence-corrected chi connectivity index (χ2v) is 6.29. The molecule has 19 heavy (non-hydrogen) atoms. The fraction of sp³-hybridized carbons (Fsp3) is 0.250. The van der Waals surface area contributed by atoms with E-state index in [2.05, 4.69) is 15.6 Å². The molecule has 0 spiro atoms. The second-order valence-electron chi connectivity index (χ2n) is 4.43. The Morgan fingerprint density at radius 3 is 2.89 bits per heavy atom. The Balaban J connectivity index is 2.04. The SMILES string of the molecule is CS(=O)(=O)n1ccc2ccc(NC3=NCCN3)cc21. The molecule has 1 aliphatic rings. The highest BCUT2D eigenvalue weighted by atomic mass is 32.2. The van der Waals surface area contributed by atoms with Crippen LogP contribution in [-0.2, 0) is 10.0 Å². The predicted octanol–water partition coefficient (Wildman–Crippen LogP) is 0.820. The maximum Gasteiger partial charge on any atom is 0.236 e. The molecule has 0 saturated heterocycles. The van der Waals surface area contributed by atoms with Gasteiger partial charge in [-0.2, -0.15) is 0 Å². The average Bonchev–Trinajstić information content (AvgIpc) is 2.95. The molecule has 0 radical (unpaired) electrons. The number of hydrogen-bond donors (Lipinski definition) is 2. The minimum Gasteiger partial charge on any atom is -0.354 e. The van der Waals surface area contributed by atoms with Crippen molar-refractivity contribution >= 4 is 32.6 Å². The summed E-state index contributed by atoms with van der Waals surface area (Å²) in [5, 5.41) is 7.12. The number of rotatable bonds is 2. The Hall–Kier alpha value is -2.02. The van der Waals surface area contributed by atoms with Crippen LogP contribution in [0.3, 0.4) is 0 Å². The molecular formula is C12H14N4O2S. The Morgan fingerprint density at radius 1 is 1.37 bits per heavy atom. The lowest BCUT2D eigenvalue weighted by Gasteiger charge is -2.08. The van der Waals surface area contributed by atoms with Crippen molar-refractivity contribution in [2.24, 2.45) is 4.99 Å². The zero-order valence-electron chi connectivity index (χ0n) is 10.4. The summed E-state index contributed by atoms with van der Waals surface area (Å²) >= 11 is 0. The van der Waals surface area contributed by atoms with Gasteiger partial charge in [0, 0.05) is 23.8 Å². The van der Waals surface area contributed by atoms with Gasteiger partial charge in [-0.1, -0.05) is 6.07 Å². The molecule has 100 valence electrons. The van der Waals surface area contributed by atoms with Gasteiger partial charge in [-0.15, -0.1) is 0 Å². The van der Waals surface area contributed by atoms with Gasteiger partial charge < -0.3 is 10.6 Å². The van der Waals surface area contributed by atoms with Crippen LogP contribution >= 0.6 is 0 Å². The van der Waals surface area contributed by atoms with Crippen LogP contribution in [0.15, 0.2) is 35.5 Å². The van der Waals surface area contributed by atoms with Crippen LogP contribution < -0.4 is 10.6 Å². The maximum absolute atomic E-state index is 11.7. The lowest BCUT2D eigenvalue weighted by molar-refractivity contribution is 0.595. The van der Waals surface area contributed by atoms with Crippen molar-refractivity contribution in [2.75, 3.05) is 24.7 Å². The number of nitrogens with one attached hydrogen (secondary N) is 2. The molecular weight excluding hydrogens is 264 g/mol. The van der Waals surface area contributed by atoms with E-state index < -0.39 is 10.0 Å². The third kappa shape index (κ3) is 2.28. The van der Waals surface area contributed by atoms with Gasteiger partial charge >= 0.3 is 0 Å². The Morgan fingerprint density at radius 2 is 2.21 bits per heavy atom. The van der Waals surface area contributed by atoms with Crippen molar-refractivity contribution in [3.8, 4) is 0 Å². The topological polar surface area (TPSA) is 75.5 Å². The standard InChI is InChI=1S/C12H14N4O2S/c1-19(17,18)16-7-4-9-2-3-10(8-11(9)16)15-12-13-5-6-14-12/h2-4,7-8H,5-6H2,1H3,(H2,13,14,15). The predicted molar refractivity (Wildman–Crippen MR) is 76.1 cm³/mol. The summed E-state index contributed by atoms with van der Waals surface area (Å²) in [6.07, 6.45) is 2.75. The van der Waals surface area contributed by atoms with E-state index in [1.165, 1.54) is 10.2 Å². The van der Waals surface area contributed by atoms with Gasteiger partial charge in [-0.25, -0.2) is 12.4 Å². The van der Waals surface area contributed by atoms with E-state index in [-0.39, 0.29) is 0 Å². The van der Waals surface area contributed by atoms with Gasteiger partial charge in [0.15, 0.2) is 5.96 Å². The molecule has 0 unspecified atom stereocenters. The summed E-state index contributed by atoms with van der Waals surface area (Å²) in [5.41, 5.74) is 1.47. The molecule has 2 heterocycles. The van der Waals surface area contributed by atoms with Crippen LogP contribution in [0.5, 0.6) is 0 Å². The molecule has 0 saturated carbocycles. The van der Waals surface area contributed by atoms with Gasteiger partial charge in [0.2, 0.25) is 10.0 Å². The van der Waals surface area contributed by atoms with Gasteiger partial charge in [0.05, 0.1) is 18.3 Å².